The Kier molecular flexibility index (Phi) is 5.76. The van der Waals surface area contributed by atoms with Crippen molar-refractivity contribution in [3.63, 3.8) is 0 Å². The van der Waals surface area contributed by atoms with Gasteiger partial charge in [0.1, 0.15) is 5.75 Å². The zero-order chi connectivity index (χ0) is 20.5. The minimum Gasteiger partial charge on any atom is -0.495 e. The van der Waals surface area contributed by atoms with Crippen LogP contribution in [0, 0.1) is 20.8 Å². The Morgan fingerprint density at radius 1 is 1.00 bits per heavy atom. The summed E-state index contributed by atoms with van der Waals surface area (Å²) >= 11 is 0. The molecular weight excluding hydrogens is 376 g/mol. The predicted molar refractivity (Wildman–Crippen MR) is 110 cm³/mol. The van der Waals surface area contributed by atoms with Gasteiger partial charge in [-0.2, -0.15) is 4.31 Å². The molecule has 0 atom stereocenters. The van der Waals surface area contributed by atoms with Crippen LogP contribution in [0.2, 0.25) is 0 Å². The van der Waals surface area contributed by atoms with Crippen LogP contribution < -0.4 is 10.1 Å². The fourth-order valence-electron chi connectivity index (χ4n) is 3.42. The highest BCUT2D eigenvalue weighted by molar-refractivity contribution is 7.89. The molecule has 0 saturated carbocycles. The molecule has 28 heavy (non-hydrogen) atoms. The van der Waals surface area contributed by atoms with Crippen LogP contribution in [0.3, 0.4) is 0 Å². The predicted octanol–water partition coefficient (Wildman–Crippen LogP) is 3.66. The summed E-state index contributed by atoms with van der Waals surface area (Å²) in [6.45, 7) is 6.89. The molecule has 2 aromatic rings. The van der Waals surface area contributed by atoms with Gasteiger partial charge in [0.25, 0.3) is 5.91 Å². The van der Waals surface area contributed by atoms with Gasteiger partial charge >= 0.3 is 0 Å². The topological polar surface area (TPSA) is 75.7 Å². The maximum Gasteiger partial charge on any atom is 0.256 e. The van der Waals surface area contributed by atoms with Crippen LogP contribution in [-0.2, 0) is 10.0 Å². The van der Waals surface area contributed by atoms with Crippen molar-refractivity contribution in [3.05, 3.63) is 52.6 Å². The van der Waals surface area contributed by atoms with Crippen molar-refractivity contribution < 1.29 is 17.9 Å². The number of anilines is 1. The second-order valence-corrected chi connectivity index (χ2v) is 9.12. The molecule has 0 spiro atoms. The van der Waals surface area contributed by atoms with E-state index in [1.807, 2.05) is 32.9 Å². The Balaban J connectivity index is 1.95. The molecule has 6 nitrogen and oxygen atoms in total. The zero-order valence-electron chi connectivity index (χ0n) is 16.7. The Morgan fingerprint density at radius 3 is 2.29 bits per heavy atom. The number of hydrogen-bond donors (Lipinski definition) is 1. The highest BCUT2D eigenvalue weighted by atomic mass is 32.2. The molecule has 1 aliphatic heterocycles. The van der Waals surface area contributed by atoms with Gasteiger partial charge in [0.15, 0.2) is 0 Å². The van der Waals surface area contributed by atoms with E-state index in [4.69, 9.17) is 4.74 Å². The van der Waals surface area contributed by atoms with Gasteiger partial charge in [-0.05, 0) is 74.6 Å². The number of carbonyl (C=O) groups is 1. The number of aryl methyl sites for hydroxylation is 3. The number of nitrogens with zero attached hydrogens (tertiary/aromatic N) is 1. The largest absolute Gasteiger partial charge is 0.495 e. The summed E-state index contributed by atoms with van der Waals surface area (Å²) in [5, 5.41) is 2.82. The van der Waals surface area contributed by atoms with Crippen molar-refractivity contribution >= 4 is 21.6 Å². The Labute approximate surface area is 166 Å². The summed E-state index contributed by atoms with van der Waals surface area (Å²) in [4.78, 5) is 13.0. The monoisotopic (exact) mass is 402 g/mol. The van der Waals surface area contributed by atoms with Crippen molar-refractivity contribution in [2.75, 3.05) is 25.5 Å². The third kappa shape index (κ3) is 3.91. The maximum atomic E-state index is 12.9. The quantitative estimate of drug-likeness (QED) is 0.828. The third-order valence-corrected chi connectivity index (χ3v) is 7.10. The van der Waals surface area contributed by atoms with E-state index in [2.05, 4.69) is 5.32 Å². The lowest BCUT2D eigenvalue weighted by Crippen LogP contribution is -2.28. The number of rotatable bonds is 5. The summed E-state index contributed by atoms with van der Waals surface area (Å²) in [6, 6.07) is 8.38. The molecular formula is C21H26N2O4S. The molecule has 1 amide bonds. The number of benzene rings is 2. The molecule has 0 aliphatic carbocycles. The summed E-state index contributed by atoms with van der Waals surface area (Å²) in [5.74, 6) is 0.116. The van der Waals surface area contributed by atoms with Crippen LogP contribution in [0.15, 0.2) is 35.2 Å². The smallest absolute Gasteiger partial charge is 0.256 e. The number of hydrogen-bond acceptors (Lipinski definition) is 4. The van der Waals surface area contributed by atoms with E-state index < -0.39 is 10.0 Å². The van der Waals surface area contributed by atoms with Gasteiger partial charge in [-0.3, -0.25) is 4.79 Å². The SMILES string of the molecule is COc1ccc(S(=O)(=O)N2CCCC2)cc1NC(=O)c1cc(C)c(C)cc1C. The van der Waals surface area contributed by atoms with Gasteiger partial charge in [0.05, 0.1) is 17.7 Å². The van der Waals surface area contributed by atoms with Gasteiger partial charge in [-0.1, -0.05) is 6.07 Å². The first-order valence-corrected chi connectivity index (χ1v) is 10.8. The molecule has 3 rings (SSSR count). The van der Waals surface area contributed by atoms with Crippen molar-refractivity contribution in [2.24, 2.45) is 0 Å². The molecule has 0 unspecified atom stereocenters. The lowest BCUT2D eigenvalue weighted by molar-refractivity contribution is 0.102. The number of methoxy groups -OCH3 is 1. The molecule has 0 radical (unpaired) electrons. The standard InChI is InChI=1S/C21H26N2O4S/c1-14-11-16(3)18(12-15(14)2)21(24)22-19-13-17(7-8-20(19)27-4)28(25,26)23-9-5-6-10-23/h7-8,11-13H,5-6,9-10H2,1-4H3,(H,22,24). The van der Waals surface area contributed by atoms with Crippen LogP contribution in [-0.4, -0.2) is 38.8 Å². The normalized spacial score (nSPS) is 14.9. The first kappa shape index (κ1) is 20.4. The summed E-state index contributed by atoms with van der Waals surface area (Å²) in [6.07, 6.45) is 1.73. The Morgan fingerprint density at radius 2 is 1.64 bits per heavy atom. The molecule has 1 N–H and O–H groups in total. The summed E-state index contributed by atoms with van der Waals surface area (Å²) in [7, 11) is -2.09. The summed E-state index contributed by atoms with van der Waals surface area (Å²) in [5.41, 5.74) is 3.89. The van der Waals surface area contributed by atoms with Crippen molar-refractivity contribution in [3.8, 4) is 5.75 Å². The van der Waals surface area contributed by atoms with E-state index in [1.54, 1.807) is 6.07 Å². The van der Waals surface area contributed by atoms with Gasteiger partial charge in [0, 0.05) is 18.7 Å². The zero-order valence-corrected chi connectivity index (χ0v) is 17.5. The molecule has 1 heterocycles. The molecule has 2 aromatic carbocycles. The van der Waals surface area contributed by atoms with E-state index in [0.29, 0.717) is 30.1 Å². The van der Waals surface area contributed by atoms with E-state index in [1.165, 1.54) is 23.5 Å². The average molecular weight is 403 g/mol. The fourth-order valence-corrected chi connectivity index (χ4v) is 4.96. The Hall–Kier alpha value is -2.38. The van der Waals surface area contributed by atoms with Gasteiger partial charge < -0.3 is 10.1 Å². The molecule has 1 saturated heterocycles. The van der Waals surface area contributed by atoms with E-state index in [0.717, 1.165) is 29.5 Å². The number of amides is 1. The number of sulfonamides is 1. The molecule has 0 bridgehead atoms. The average Bonchev–Trinajstić information content (AvgIpc) is 3.20. The van der Waals surface area contributed by atoms with Crippen molar-refractivity contribution in [2.45, 2.75) is 38.5 Å². The van der Waals surface area contributed by atoms with Crippen molar-refractivity contribution in [1.29, 1.82) is 0 Å². The van der Waals surface area contributed by atoms with Gasteiger partial charge in [0.2, 0.25) is 10.0 Å². The molecule has 1 aliphatic rings. The minimum atomic E-state index is -3.58. The van der Waals surface area contributed by atoms with E-state index >= 15 is 0 Å². The highest BCUT2D eigenvalue weighted by Gasteiger charge is 2.28. The van der Waals surface area contributed by atoms with Crippen LogP contribution in [0.4, 0.5) is 5.69 Å². The number of nitrogens with one attached hydrogen (secondary N) is 1. The minimum absolute atomic E-state index is 0.155. The second kappa shape index (κ2) is 7.93. The lowest BCUT2D eigenvalue weighted by atomic mass is 10.0. The second-order valence-electron chi connectivity index (χ2n) is 7.18. The first-order chi connectivity index (χ1) is 13.2. The highest BCUT2D eigenvalue weighted by Crippen LogP contribution is 2.30. The van der Waals surface area contributed by atoms with Crippen LogP contribution in [0.25, 0.3) is 0 Å². The number of ether oxygens (including phenoxy) is 1. The molecule has 0 aromatic heterocycles. The third-order valence-electron chi connectivity index (χ3n) is 5.21. The van der Waals surface area contributed by atoms with E-state index in [9.17, 15) is 13.2 Å². The molecule has 1 fully saturated rings. The van der Waals surface area contributed by atoms with Gasteiger partial charge in [-0.25, -0.2) is 8.42 Å². The molecule has 7 heteroatoms. The fraction of sp³-hybridized carbons (Fsp3) is 0.381. The first-order valence-electron chi connectivity index (χ1n) is 9.31. The van der Waals surface area contributed by atoms with Crippen LogP contribution in [0.1, 0.15) is 39.9 Å². The van der Waals surface area contributed by atoms with Crippen molar-refractivity contribution in [1.82, 2.24) is 4.31 Å². The Bertz CT molecular complexity index is 1010. The van der Waals surface area contributed by atoms with Crippen LogP contribution in [0.5, 0.6) is 5.75 Å². The summed E-state index contributed by atoms with van der Waals surface area (Å²) < 4.78 is 32.5. The molecule has 150 valence electrons. The lowest BCUT2D eigenvalue weighted by Gasteiger charge is -2.18. The van der Waals surface area contributed by atoms with Gasteiger partial charge in [-0.15, -0.1) is 0 Å². The van der Waals surface area contributed by atoms with Crippen LogP contribution >= 0.6 is 0 Å². The van der Waals surface area contributed by atoms with E-state index in [-0.39, 0.29) is 10.8 Å². The maximum absolute atomic E-state index is 12.9. The number of carbonyl (C=O) groups excluding carboxylic acids is 1.